The normalized spacial score (nSPS) is 16.8. The molecule has 0 spiro atoms. The van der Waals surface area contributed by atoms with Gasteiger partial charge in [-0.15, -0.1) is 0 Å². The van der Waals surface area contributed by atoms with Gasteiger partial charge in [0.15, 0.2) is 5.82 Å². The molecular weight excluding hydrogens is 610 g/mol. The second-order valence-electron chi connectivity index (χ2n) is 10.6. The molecule has 0 atom stereocenters. The molecule has 44 heavy (non-hydrogen) atoms. The molecule has 3 heterocycles. The Morgan fingerprint density at radius 1 is 1.00 bits per heavy atom. The molecule has 0 saturated carbocycles. The molecule has 2 fully saturated rings. The highest BCUT2D eigenvalue weighted by Gasteiger charge is 2.27. The third-order valence-electron chi connectivity index (χ3n) is 7.71. The fourth-order valence-electron chi connectivity index (χ4n) is 5.39. The number of amides is 1. The van der Waals surface area contributed by atoms with Gasteiger partial charge >= 0.3 is 16.3 Å². The predicted molar refractivity (Wildman–Crippen MR) is 171 cm³/mol. The maximum Gasteiger partial charge on any atom is 0.419 e. The Labute approximate surface area is 261 Å². The summed E-state index contributed by atoms with van der Waals surface area (Å²) in [5.74, 6) is 1.05. The van der Waals surface area contributed by atoms with E-state index in [0.29, 0.717) is 17.5 Å². The Morgan fingerprint density at radius 3 is 2.39 bits per heavy atom. The lowest BCUT2D eigenvalue weighted by molar-refractivity contribution is 0.0982. The number of carbonyl (C=O) groups is 1. The second-order valence-corrected chi connectivity index (χ2v) is 12.5. The molecule has 2 aromatic carbocycles. The number of anilines is 6. The molecule has 1 aromatic heterocycles. The van der Waals surface area contributed by atoms with Gasteiger partial charge in [0.25, 0.3) is 0 Å². The number of aromatic nitrogens is 2. The molecule has 14 nitrogen and oxygen atoms in total. The van der Waals surface area contributed by atoms with Crippen LogP contribution in [0.5, 0.6) is 5.75 Å². The number of para-hydroxylation sites is 2. The van der Waals surface area contributed by atoms with E-state index in [4.69, 9.17) is 21.4 Å². The first-order valence-corrected chi connectivity index (χ1v) is 16.0. The maximum atomic E-state index is 12.1. The van der Waals surface area contributed by atoms with E-state index in [1.54, 1.807) is 25.3 Å². The van der Waals surface area contributed by atoms with Gasteiger partial charge in [-0.1, -0.05) is 23.7 Å². The van der Waals surface area contributed by atoms with Crippen molar-refractivity contribution >= 4 is 62.4 Å². The summed E-state index contributed by atoms with van der Waals surface area (Å²) in [5, 5.41) is 15.1. The quantitative estimate of drug-likeness (QED) is 0.217. The van der Waals surface area contributed by atoms with Crippen LogP contribution in [0.3, 0.4) is 0 Å². The number of methoxy groups -OCH3 is 1. The number of ether oxygens (including phenoxy) is 1. The van der Waals surface area contributed by atoms with Crippen LogP contribution >= 0.6 is 11.6 Å². The van der Waals surface area contributed by atoms with Crippen LogP contribution in [0.2, 0.25) is 5.02 Å². The number of hydrogen-bond acceptors (Lipinski definition) is 11. The number of nitrogens with zero attached hydrogens (tertiary/aromatic N) is 5. The zero-order chi connectivity index (χ0) is 31.3. The lowest BCUT2D eigenvalue weighted by Gasteiger charge is -2.42. The van der Waals surface area contributed by atoms with E-state index in [1.165, 1.54) is 17.0 Å². The van der Waals surface area contributed by atoms with Gasteiger partial charge in [0.2, 0.25) is 5.95 Å². The topological polar surface area (TPSA) is 164 Å². The predicted octanol–water partition coefficient (Wildman–Crippen LogP) is 3.77. The van der Waals surface area contributed by atoms with E-state index < -0.39 is 16.3 Å². The summed E-state index contributed by atoms with van der Waals surface area (Å²) in [7, 11) is -0.586. The van der Waals surface area contributed by atoms with Crippen LogP contribution in [-0.2, 0) is 10.2 Å². The van der Waals surface area contributed by atoms with Crippen LogP contribution < -0.4 is 29.7 Å². The van der Waals surface area contributed by atoms with Crippen molar-refractivity contribution in [2.45, 2.75) is 18.9 Å². The third-order valence-corrected chi connectivity index (χ3v) is 8.91. The number of benzene rings is 2. The zero-order valence-corrected chi connectivity index (χ0v) is 26.0. The van der Waals surface area contributed by atoms with Crippen LogP contribution in [0, 0.1) is 0 Å². The van der Waals surface area contributed by atoms with Gasteiger partial charge in [-0.25, -0.2) is 14.5 Å². The van der Waals surface area contributed by atoms with E-state index in [0.717, 1.165) is 57.8 Å². The first-order valence-electron chi connectivity index (χ1n) is 14.1. The van der Waals surface area contributed by atoms with Gasteiger partial charge in [-0.3, -0.25) is 9.62 Å². The fraction of sp³-hybridized carbons (Fsp3) is 0.393. The molecule has 5 N–H and O–H groups in total. The molecule has 5 rings (SSSR count). The Morgan fingerprint density at radius 2 is 1.70 bits per heavy atom. The number of carboxylic acid groups (broad SMARTS) is 1. The van der Waals surface area contributed by atoms with E-state index in [-0.39, 0.29) is 28.2 Å². The lowest BCUT2D eigenvalue weighted by atomic mass is 10.0. The summed E-state index contributed by atoms with van der Waals surface area (Å²) >= 11 is 6.36. The maximum absolute atomic E-state index is 12.1. The van der Waals surface area contributed by atoms with E-state index in [1.807, 2.05) is 18.2 Å². The SMILES string of the molecule is COc1cc(N2CCC(N3CCN(C)CC3)CC2)ccc1Nc1ncc(Cl)c(Nc2ccccc2NS(=O)(=O)NC(=O)O)n1. The van der Waals surface area contributed by atoms with Crippen LogP contribution in [0.4, 0.5) is 39.3 Å². The minimum atomic E-state index is -4.38. The molecule has 2 saturated heterocycles. The third kappa shape index (κ3) is 7.91. The molecule has 3 aromatic rings. The summed E-state index contributed by atoms with van der Waals surface area (Å²) in [5.41, 5.74) is 2.10. The standard InChI is InChI=1S/C28H36ClN9O5S/c1-36-13-15-38(16-14-36)19-9-11-37(12-10-19)20-7-8-24(25(17-20)43-2)32-27-30-18-21(29)26(33-27)31-22-5-3-4-6-23(22)34-44(41,42)35-28(39)40/h3-8,17-19,34-35H,9-16H2,1-2H3,(H,39,40)(H2,30,31,32,33). The first-order chi connectivity index (χ1) is 21.1. The summed E-state index contributed by atoms with van der Waals surface area (Å²) in [6, 6.07) is 12.9. The number of likely N-dealkylation sites (N-methyl/N-ethyl adjacent to an activating group) is 1. The Bertz CT molecular complexity index is 1580. The first kappa shape index (κ1) is 31.4. The minimum Gasteiger partial charge on any atom is -0.494 e. The van der Waals surface area contributed by atoms with Crippen molar-refractivity contribution in [3.05, 3.63) is 53.7 Å². The molecule has 2 aliphatic heterocycles. The van der Waals surface area contributed by atoms with Crippen LogP contribution in [0.25, 0.3) is 0 Å². The lowest BCUT2D eigenvalue weighted by Crippen LogP contribution is -2.52. The van der Waals surface area contributed by atoms with Crippen molar-refractivity contribution in [3.63, 3.8) is 0 Å². The summed E-state index contributed by atoms with van der Waals surface area (Å²) in [6.45, 7) is 6.48. The summed E-state index contributed by atoms with van der Waals surface area (Å²) in [4.78, 5) is 27.0. The molecule has 1 amide bonds. The Kier molecular flexibility index (Phi) is 9.78. The smallest absolute Gasteiger partial charge is 0.419 e. The number of rotatable bonds is 10. The Balaban J connectivity index is 1.26. The van der Waals surface area contributed by atoms with Crippen molar-refractivity contribution in [3.8, 4) is 5.75 Å². The molecule has 236 valence electrons. The highest BCUT2D eigenvalue weighted by Crippen LogP contribution is 2.34. The molecular formula is C28H36ClN9O5S. The monoisotopic (exact) mass is 645 g/mol. The number of piperidine rings is 1. The highest BCUT2D eigenvalue weighted by atomic mass is 35.5. The second kappa shape index (κ2) is 13.7. The molecule has 2 aliphatic rings. The van der Waals surface area contributed by atoms with Crippen LogP contribution in [-0.4, -0.2) is 98.9 Å². The minimum absolute atomic E-state index is 0.0789. The van der Waals surface area contributed by atoms with Gasteiger partial charge in [-0.05, 0) is 44.2 Å². The van der Waals surface area contributed by atoms with Crippen molar-refractivity contribution in [2.24, 2.45) is 0 Å². The number of hydrogen-bond donors (Lipinski definition) is 5. The average molecular weight is 646 g/mol. The van der Waals surface area contributed by atoms with Gasteiger partial charge in [-0.2, -0.15) is 13.4 Å². The number of piperazine rings is 1. The summed E-state index contributed by atoms with van der Waals surface area (Å²) in [6.07, 6.45) is 1.94. The van der Waals surface area contributed by atoms with Crippen LogP contribution in [0.15, 0.2) is 48.7 Å². The van der Waals surface area contributed by atoms with Gasteiger partial charge in [0.05, 0.1) is 30.4 Å². The molecule has 0 unspecified atom stereocenters. The summed E-state index contributed by atoms with van der Waals surface area (Å²) < 4.78 is 33.5. The van der Waals surface area contributed by atoms with Crippen molar-refractivity contribution in [1.82, 2.24) is 24.5 Å². The molecule has 0 radical (unpaired) electrons. The van der Waals surface area contributed by atoms with E-state index >= 15 is 0 Å². The molecule has 16 heteroatoms. The van der Waals surface area contributed by atoms with Crippen LogP contribution in [0.1, 0.15) is 12.8 Å². The van der Waals surface area contributed by atoms with Gasteiger partial charge < -0.3 is 30.3 Å². The van der Waals surface area contributed by atoms with E-state index in [2.05, 4.69) is 47.1 Å². The number of nitrogens with one attached hydrogen (secondary N) is 4. The largest absolute Gasteiger partial charge is 0.494 e. The molecule has 0 aliphatic carbocycles. The Hall–Kier alpha value is -4.05. The van der Waals surface area contributed by atoms with Gasteiger partial charge in [0.1, 0.15) is 10.8 Å². The van der Waals surface area contributed by atoms with Crippen molar-refractivity contribution in [1.29, 1.82) is 0 Å². The zero-order valence-electron chi connectivity index (χ0n) is 24.5. The highest BCUT2D eigenvalue weighted by molar-refractivity contribution is 7.91. The van der Waals surface area contributed by atoms with E-state index in [9.17, 15) is 13.2 Å². The van der Waals surface area contributed by atoms with Gasteiger partial charge in [0, 0.05) is 57.1 Å². The average Bonchev–Trinajstić information content (AvgIpc) is 2.99. The van der Waals surface area contributed by atoms with Crippen molar-refractivity contribution < 1.29 is 23.1 Å². The number of halogens is 1. The fourth-order valence-corrected chi connectivity index (χ4v) is 6.27. The van der Waals surface area contributed by atoms with Crippen molar-refractivity contribution in [2.75, 3.05) is 73.7 Å². The molecule has 0 bridgehead atoms.